The fourth-order valence-corrected chi connectivity index (χ4v) is 2.89. The van der Waals surface area contributed by atoms with Gasteiger partial charge in [-0.05, 0) is 44.4 Å². The molecule has 0 aromatic heterocycles. The van der Waals surface area contributed by atoms with Crippen molar-refractivity contribution in [1.29, 1.82) is 0 Å². The topological polar surface area (TPSA) is 46.5 Å². The van der Waals surface area contributed by atoms with E-state index in [9.17, 15) is 23.1 Å². The Balaban J connectivity index is 1.69. The number of aliphatic hydroxyl groups is 1. The number of alkyl halides is 3. The van der Waals surface area contributed by atoms with Gasteiger partial charge in [-0.15, -0.1) is 0 Å². The van der Waals surface area contributed by atoms with Gasteiger partial charge in [0, 0.05) is 0 Å². The maximum atomic E-state index is 12.4. The number of esters is 1. The number of hydrogen-bond donors (Lipinski definition) is 1. The molecule has 4 atom stereocenters. The molecule has 0 spiro atoms. The molecule has 1 N–H and O–H groups in total. The normalized spacial score (nSPS) is 31.4. The van der Waals surface area contributed by atoms with E-state index in [4.69, 9.17) is 4.74 Å². The Morgan fingerprint density at radius 3 is 2.55 bits per heavy atom. The van der Waals surface area contributed by atoms with Gasteiger partial charge in [0.25, 0.3) is 0 Å². The summed E-state index contributed by atoms with van der Waals surface area (Å²) < 4.78 is 42.2. The number of ether oxygens (including phenoxy) is 1. The molecule has 0 aromatic carbocycles. The zero-order chi connectivity index (χ0) is 15.0. The number of fused-ring (bicyclic) bond motifs is 2. The standard InChI is InChI=1S/C14H19F3O3/c1-13(19,14(15,16)17)5-2-6-20-12(18)11-8-9-3-4-10(11)7-9/h3-4,9-11,19H,2,5-8H2,1H3. The minimum Gasteiger partial charge on any atom is -0.465 e. The largest absolute Gasteiger partial charge is 0.465 e. The van der Waals surface area contributed by atoms with Gasteiger partial charge in [0.1, 0.15) is 0 Å². The van der Waals surface area contributed by atoms with E-state index in [1.165, 1.54) is 0 Å². The van der Waals surface area contributed by atoms with Gasteiger partial charge in [0.2, 0.25) is 0 Å². The number of hydrogen-bond acceptors (Lipinski definition) is 3. The second-order valence-electron chi connectivity index (χ2n) is 5.93. The predicted molar refractivity (Wildman–Crippen MR) is 65.7 cm³/mol. The van der Waals surface area contributed by atoms with Crippen LogP contribution < -0.4 is 0 Å². The Morgan fingerprint density at radius 1 is 1.35 bits per heavy atom. The first-order valence-corrected chi connectivity index (χ1v) is 6.85. The first-order valence-electron chi connectivity index (χ1n) is 6.85. The highest BCUT2D eigenvalue weighted by atomic mass is 19.4. The van der Waals surface area contributed by atoms with Crippen LogP contribution in [0.3, 0.4) is 0 Å². The number of rotatable bonds is 5. The molecule has 2 aliphatic rings. The third kappa shape index (κ3) is 3.16. The van der Waals surface area contributed by atoms with Gasteiger partial charge in [-0.3, -0.25) is 4.79 Å². The molecule has 0 saturated heterocycles. The highest BCUT2D eigenvalue weighted by Crippen LogP contribution is 2.43. The molecule has 1 saturated carbocycles. The molecule has 3 nitrogen and oxygen atoms in total. The molecule has 1 fully saturated rings. The lowest BCUT2D eigenvalue weighted by molar-refractivity contribution is -0.255. The van der Waals surface area contributed by atoms with E-state index in [0.29, 0.717) is 5.92 Å². The zero-order valence-corrected chi connectivity index (χ0v) is 11.3. The second-order valence-corrected chi connectivity index (χ2v) is 5.93. The Hall–Kier alpha value is -1.04. The highest BCUT2D eigenvalue weighted by Gasteiger charge is 2.49. The molecule has 114 valence electrons. The maximum Gasteiger partial charge on any atom is 0.416 e. The molecule has 0 radical (unpaired) electrons. The number of allylic oxidation sites excluding steroid dienone is 2. The summed E-state index contributed by atoms with van der Waals surface area (Å²) in [7, 11) is 0. The summed E-state index contributed by atoms with van der Waals surface area (Å²) in [6.45, 7) is 0.651. The van der Waals surface area contributed by atoms with E-state index in [-0.39, 0.29) is 30.8 Å². The van der Waals surface area contributed by atoms with E-state index in [1.807, 2.05) is 6.08 Å². The van der Waals surface area contributed by atoms with Crippen LogP contribution in [0.5, 0.6) is 0 Å². The SMILES string of the molecule is CC(O)(CCCOC(=O)C1CC2C=CC1C2)C(F)(F)F. The lowest BCUT2D eigenvalue weighted by Gasteiger charge is -2.26. The van der Waals surface area contributed by atoms with Crippen molar-refractivity contribution >= 4 is 5.97 Å². The van der Waals surface area contributed by atoms with Crippen molar-refractivity contribution in [3.63, 3.8) is 0 Å². The second kappa shape index (κ2) is 5.39. The Morgan fingerprint density at radius 2 is 2.05 bits per heavy atom. The summed E-state index contributed by atoms with van der Waals surface area (Å²) >= 11 is 0. The summed E-state index contributed by atoms with van der Waals surface area (Å²) in [4.78, 5) is 11.8. The molecule has 0 aliphatic heterocycles. The summed E-state index contributed by atoms with van der Waals surface area (Å²) in [5.41, 5.74) is -2.73. The average molecular weight is 292 g/mol. The van der Waals surface area contributed by atoms with Crippen LogP contribution in [0.15, 0.2) is 12.2 Å². The molecule has 6 heteroatoms. The smallest absolute Gasteiger partial charge is 0.416 e. The molecule has 2 bridgehead atoms. The monoisotopic (exact) mass is 292 g/mol. The van der Waals surface area contributed by atoms with Crippen LogP contribution in [0.1, 0.15) is 32.6 Å². The summed E-state index contributed by atoms with van der Waals surface area (Å²) in [6.07, 6.45) is 0.744. The predicted octanol–water partition coefficient (Wildman–Crippen LogP) is 2.84. The van der Waals surface area contributed by atoms with Crippen LogP contribution in [-0.4, -0.2) is 29.5 Å². The molecule has 0 aromatic rings. The number of halogens is 3. The van der Waals surface area contributed by atoms with Crippen molar-refractivity contribution in [3.05, 3.63) is 12.2 Å². The molecule has 0 amide bonds. The molecule has 2 rings (SSSR count). The quantitative estimate of drug-likeness (QED) is 0.481. The summed E-state index contributed by atoms with van der Waals surface area (Å²) in [5, 5.41) is 9.24. The minimum absolute atomic E-state index is 0.00506. The van der Waals surface area contributed by atoms with Gasteiger partial charge in [-0.1, -0.05) is 12.2 Å². The Kier molecular flexibility index (Phi) is 4.14. The van der Waals surface area contributed by atoms with Crippen LogP contribution in [-0.2, 0) is 9.53 Å². The fraction of sp³-hybridized carbons (Fsp3) is 0.786. The third-order valence-electron chi connectivity index (χ3n) is 4.24. The van der Waals surface area contributed by atoms with Crippen LogP contribution in [0.4, 0.5) is 13.2 Å². The molecule has 0 heterocycles. The Bertz CT molecular complexity index is 401. The van der Waals surface area contributed by atoms with Crippen molar-refractivity contribution in [3.8, 4) is 0 Å². The van der Waals surface area contributed by atoms with E-state index >= 15 is 0 Å². The Labute approximate surface area is 115 Å². The minimum atomic E-state index is -4.66. The van der Waals surface area contributed by atoms with E-state index in [1.54, 1.807) is 0 Å². The van der Waals surface area contributed by atoms with E-state index < -0.39 is 18.2 Å². The number of carbonyl (C=O) groups excluding carboxylic acids is 1. The molecule has 2 aliphatic carbocycles. The van der Waals surface area contributed by atoms with Gasteiger partial charge in [0.05, 0.1) is 12.5 Å². The fourth-order valence-electron chi connectivity index (χ4n) is 2.89. The van der Waals surface area contributed by atoms with Gasteiger partial charge >= 0.3 is 12.1 Å². The first kappa shape index (κ1) is 15.4. The lowest BCUT2D eigenvalue weighted by Crippen LogP contribution is -2.42. The zero-order valence-electron chi connectivity index (χ0n) is 11.3. The van der Waals surface area contributed by atoms with Gasteiger partial charge in [0.15, 0.2) is 5.60 Å². The van der Waals surface area contributed by atoms with Crippen molar-refractivity contribution in [1.82, 2.24) is 0 Å². The average Bonchev–Trinajstić information content (AvgIpc) is 2.95. The van der Waals surface area contributed by atoms with Crippen molar-refractivity contribution in [2.75, 3.05) is 6.61 Å². The van der Waals surface area contributed by atoms with Crippen LogP contribution in [0.2, 0.25) is 0 Å². The van der Waals surface area contributed by atoms with E-state index in [0.717, 1.165) is 19.8 Å². The molecular formula is C14H19F3O3. The summed E-state index contributed by atoms with van der Waals surface area (Å²) in [6, 6.07) is 0. The van der Waals surface area contributed by atoms with Crippen molar-refractivity contribution < 1.29 is 27.8 Å². The van der Waals surface area contributed by atoms with Gasteiger partial charge in [-0.25, -0.2) is 0 Å². The molecule has 4 unspecified atom stereocenters. The molecular weight excluding hydrogens is 273 g/mol. The maximum absolute atomic E-state index is 12.4. The lowest BCUT2D eigenvalue weighted by atomic mass is 9.94. The third-order valence-corrected chi connectivity index (χ3v) is 4.24. The first-order chi connectivity index (χ1) is 9.21. The highest BCUT2D eigenvalue weighted by molar-refractivity contribution is 5.74. The van der Waals surface area contributed by atoms with Gasteiger partial charge < -0.3 is 9.84 Å². The van der Waals surface area contributed by atoms with Crippen LogP contribution in [0.25, 0.3) is 0 Å². The van der Waals surface area contributed by atoms with Crippen molar-refractivity contribution in [2.24, 2.45) is 17.8 Å². The van der Waals surface area contributed by atoms with Crippen molar-refractivity contribution in [2.45, 2.75) is 44.4 Å². The number of carbonyl (C=O) groups is 1. The van der Waals surface area contributed by atoms with E-state index in [2.05, 4.69) is 6.08 Å². The van der Waals surface area contributed by atoms with Crippen LogP contribution in [0, 0.1) is 17.8 Å². The van der Waals surface area contributed by atoms with Crippen LogP contribution >= 0.6 is 0 Å². The molecule has 20 heavy (non-hydrogen) atoms. The summed E-state index contributed by atoms with van der Waals surface area (Å²) in [5.74, 6) is 0.205. The van der Waals surface area contributed by atoms with Gasteiger partial charge in [-0.2, -0.15) is 13.2 Å².